The molecule has 2 N–H and O–H groups in total. The number of ether oxygens (including phenoxy) is 3. The summed E-state index contributed by atoms with van der Waals surface area (Å²) in [6.45, 7) is 4.48. The van der Waals surface area contributed by atoms with E-state index in [0.717, 1.165) is 30.8 Å². The van der Waals surface area contributed by atoms with E-state index in [2.05, 4.69) is 4.57 Å². The van der Waals surface area contributed by atoms with Crippen LogP contribution in [-0.2, 0) is 20.8 Å². The van der Waals surface area contributed by atoms with Crippen LogP contribution in [0.2, 0.25) is 0 Å². The first-order valence-corrected chi connectivity index (χ1v) is 9.85. The summed E-state index contributed by atoms with van der Waals surface area (Å²) in [5.74, 6) is -1.47. The molecule has 0 saturated carbocycles. The number of carbonyl (C=O) groups is 3. The summed E-state index contributed by atoms with van der Waals surface area (Å²) in [5, 5.41) is 0. The number of nitrogens with zero attached hydrogens (tertiary/aromatic N) is 1. The molecule has 0 radical (unpaired) electrons. The first kappa shape index (κ1) is 21.6. The fourth-order valence-electron chi connectivity index (χ4n) is 3.55. The second-order valence-corrected chi connectivity index (χ2v) is 7.26. The van der Waals surface area contributed by atoms with Gasteiger partial charge in [0.15, 0.2) is 13.2 Å². The largest absolute Gasteiger partial charge is 0.481 e. The maximum atomic E-state index is 12.6. The smallest absolute Gasteiger partial charge is 0.344 e. The van der Waals surface area contributed by atoms with Crippen LogP contribution in [0, 0.1) is 13.8 Å². The highest BCUT2D eigenvalue weighted by Crippen LogP contribution is 2.21. The summed E-state index contributed by atoms with van der Waals surface area (Å²) in [4.78, 5) is 35.9. The minimum Gasteiger partial charge on any atom is -0.481 e. The molecule has 0 aliphatic carbocycles. The number of carbonyl (C=O) groups excluding carboxylic acids is 3. The van der Waals surface area contributed by atoms with Crippen LogP contribution in [0.5, 0.6) is 5.75 Å². The molecule has 2 heterocycles. The molecule has 160 valence electrons. The summed E-state index contributed by atoms with van der Waals surface area (Å²) in [6.07, 6.45) is 2.23. The molecule has 1 fully saturated rings. The Morgan fingerprint density at radius 3 is 2.63 bits per heavy atom. The molecule has 1 aromatic carbocycles. The number of amides is 1. The molecule has 30 heavy (non-hydrogen) atoms. The van der Waals surface area contributed by atoms with E-state index >= 15 is 0 Å². The minimum atomic E-state index is -0.712. The maximum absolute atomic E-state index is 12.6. The van der Waals surface area contributed by atoms with E-state index in [-0.39, 0.29) is 29.8 Å². The molecular formula is C22H26N2O6. The van der Waals surface area contributed by atoms with Crippen molar-refractivity contribution in [2.45, 2.75) is 39.3 Å². The first-order chi connectivity index (χ1) is 14.4. The summed E-state index contributed by atoms with van der Waals surface area (Å²) in [7, 11) is 0. The van der Waals surface area contributed by atoms with Gasteiger partial charge in [0.05, 0.1) is 11.7 Å². The average Bonchev–Trinajstić information content (AvgIpc) is 3.34. The van der Waals surface area contributed by atoms with Gasteiger partial charge in [-0.1, -0.05) is 12.1 Å². The molecule has 0 unspecified atom stereocenters. The van der Waals surface area contributed by atoms with Crippen molar-refractivity contribution in [1.29, 1.82) is 0 Å². The van der Waals surface area contributed by atoms with Crippen LogP contribution in [0.4, 0.5) is 0 Å². The van der Waals surface area contributed by atoms with Crippen molar-refractivity contribution in [3.05, 3.63) is 52.8 Å². The molecular weight excluding hydrogens is 388 g/mol. The quantitative estimate of drug-likeness (QED) is 0.498. The number of Topliss-reactive ketones (excluding diaryl/α,β-unsaturated/α-hetero) is 1. The maximum Gasteiger partial charge on any atom is 0.344 e. The molecule has 1 aliphatic rings. The van der Waals surface area contributed by atoms with Gasteiger partial charge in [-0.05, 0) is 44.9 Å². The molecule has 1 atom stereocenters. The fourth-order valence-corrected chi connectivity index (χ4v) is 3.55. The summed E-state index contributed by atoms with van der Waals surface area (Å²) >= 11 is 0. The zero-order valence-electron chi connectivity index (χ0n) is 17.2. The molecule has 0 spiro atoms. The van der Waals surface area contributed by atoms with Crippen LogP contribution in [0.3, 0.4) is 0 Å². The Balaban J connectivity index is 1.54. The number of benzene rings is 1. The number of ketones is 1. The SMILES string of the molecule is Cc1cc(C(=O)COC(=O)COc2ccccc2C(N)=O)c(C)n1C[C@H]1CCCO1. The molecule has 8 heteroatoms. The Morgan fingerprint density at radius 2 is 1.93 bits per heavy atom. The Labute approximate surface area is 174 Å². The third kappa shape index (κ3) is 5.07. The predicted molar refractivity (Wildman–Crippen MR) is 109 cm³/mol. The van der Waals surface area contributed by atoms with E-state index < -0.39 is 18.5 Å². The predicted octanol–water partition coefficient (Wildman–Crippen LogP) is 2.19. The number of nitrogens with two attached hydrogens (primary N) is 1. The van der Waals surface area contributed by atoms with Crippen LogP contribution in [0.1, 0.15) is 44.9 Å². The van der Waals surface area contributed by atoms with Crippen LogP contribution < -0.4 is 10.5 Å². The minimum absolute atomic E-state index is 0.163. The van der Waals surface area contributed by atoms with E-state index in [1.807, 2.05) is 13.8 Å². The number of hydrogen-bond acceptors (Lipinski definition) is 6. The summed E-state index contributed by atoms with van der Waals surface area (Å²) in [6, 6.07) is 8.13. The van der Waals surface area contributed by atoms with Crippen LogP contribution in [0.25, 0.3) is 0 Å². The van der Waals surface area contributed by atoms with Crippen molar-refractivity contribution in [3.8, 4) is 5.75 Å². The van der Waals surface area contributed by atoms with Gasteiger partial charge in [0.1, 0.15) is 5.75 Å². The highest BCUT2D eigenvalue weighted by atomic mass is 16.6. The molecule has 8 nitrogen and oxygen atoms in total. The van der Waals surface area contributed by atoms with E-state index in [1.54, 1.807) is 18.2 Å². The van der Waals surface area contributed by atoms with Gasteiger partial charge in [-0.3, -0.25) is 9.59 Å². The topological polar surface area (TPSA) is 110 Å². The van der Waals surface area contributed by atoms with Gasteiger partial charge in [-0.15, -0.1) is 0 Å². The van der Waals surface area contributed by atoms with Crippen LogP contribution >= 0.6 is 0 Å². The number of primary amides is 1. The van der Waals surface area contributed by atoms with Gasteiger partial charge < -0.3 is 24.5 Å². The second kappa shape index (κ2) is 9.58. The Hall–Kier alpha value is -3.13. The number of rotatable bonds is 9. The highest BCUT2D eigenvalue weighted by molar-refractivity contribution is 5.99. The lowest BCUT2D eigenvalue weighted by atomic mass is 10.1. The van der Waals surface area contributed by atoms with Gasteiger partial charge in [-0.25, -0.2) is 4.79 Å². The summed E-state index contributed by atoms with van der Waals surface area (Å²) in [5.41, 5.74) is 7.76. The number of aryl methyl sites for hydroxylation is 1. The number of hydrogen-bond donors (Lipinski definition) is 1. The van der Waals surface area contributed by atoms with Crippen molar-refractivity contribution >= 4 is 17.7 Å². The lowest BCUT2D eigenvalue weighted by Gasteiger charge is -2.14. The van der Waals surface area contributed by atoms with Gasteiger partial charge in [0.25, 0.3) is 5.91 Å². The summed E-state index contributed by atoms with van der Waals surface area (Å²) < 4.78 is 18.1. The zero-order chi connectivity index (χ0) is 21.7. The van der Waals surface area contributed by atoms with Crippen molar-refractivity contribution in [2.75, 3.05) is 19.8 Å². The monoisotopic (exact) mass is 414 g/mol. The fraction of sp³-hybridized carbons (Fsp3) is 0.409. The zero-order valence-corrected chi connectivity index (χ0v) is 17.2. The van der Waals surface area contributed by atoms with Gasteiger partial charge in [0, 0.05) is 30.1 Å². The molecule has 1 saturated heterocycles. The lowest BCUT2D eigenvalue weighted by molar-refractivity contribution is -0.144. The van der Waals surface area contributed by atoms with Crippen LogP contribution in [0.15, 0.2) is 30.3 Å². The van der Waals surface area contributed by atoms with E-state index in [9.17, 15) is 14.4 Å². The average molecular weight is 414 g/mol. The van der Waals surface area contributed by atoms with Gasteiger partial charge in [0.2, 0.25) is 5.78 Å². The number of aromatic nitrogens is 1. The molecule has 2 aromatic rings. The third-order valence-corrected chi connectivity index (χ3v) is 5.15. The molecule has 1 amide bonds. The third-order valence-electron chi connectivity index (χ3n) is 5.15. The van der Waals surface area contributed by atoms with E-state index in [0.29, 0.717) is 12.1 Å². The molecule has 3 rings (SSSR count). The van der Waals surface area contributed by atoms with E-state index in [4.69, 9.17) is 19.9 Å². The second-order valence-electron chi connectivity index (χ2n) is 7.26. The van der Waals surface area contributed by atoms with Gasteiger partial charge >= 0.3 is 5.97 Å². The molecule has 1 aliphatic heterocycles. The normalized spacial score (nSPS) is 15.7. The highest BCUT2D eigenvalue weighted by Gasteiger charge is 2.22. The first-order valence-electron chi connectivity index (χ1n) is 9.85. The Morgan fingerprint density at radius 1 is 1.17 bits per heavy atom. The molecule has 0 bridgehead atoms. The van der Waals surface area contributed by atoms with Crippen molar-refractivity contribution in [3.63, 3.8) is 0 Å². The van der Waals surface area contributed by atoms with Crippen molar-refractivity contribution in [2.24, 2.45) is 5.73 Å². The van der Waals surface area contributed by atoms with Crippen molar-refractivity contribution in [1.82, 2.24) is 4.57 Å². The van der Waals surface area contributed by atoms with E-state index in [1.165, 1.54) is 12.1 Å². The molecule has 1 aromatic heterocycles. The lowest BCUT2D eigenvalue weighted by Crippen LogP contribution is -2.21. The Kier molecular flexibility index (Phi) is 6.89. The van der Waals surface area contributed by atoms with Crippen molar-refractivity contribution < 1.29 is 28.6 Å². The Bertz CT molecular complexity index is 943. The standard InChI is InChI=1S/C22H26N2O6/c1-14-10-18(15(2)24(14)11-16-6-5-9-28-16)19(25)12-30-21(26)13-29-20-8-4-3-7-17(20)22(23)27/h3-4,7-8,10,16H,5-6,9,11-13H2,1-2H3,(H2,23,27)/t16-/m1/s1. The van der Waals surface area contributed by atoms with Crippen LogP contribution in [-0.4, -0.2) is 48.2 Å². The van der Waals surface area contributed by atoms with Gasteiger partial charge in [-0.2, -0.15) is 0 Å². The number of para-hydroxylation sites is 1. The number of esters is 1.